The zero-order chi connectivity index (χ0) is 19.0. The average Bonchev–Trinajstić information content (AvgIpc) is 3.19. The molecule has 0 unspecified atom stereocenters. The van der Waals surface area contributed by atoms with Crippen LogP contribution >= 0.6 is 11.6 Å². The average molecular weight is 381 g/mol. The van der Waals surface area contributed by atoms with Crippen molar-refractivity contribution in [1.82, 2.24) is 0 Å². The summed E-state index contributed by atoms with van der Waals surface area (Å²) in [5.41, 5.74) is 0.765. The Kier molecular flexibility index (Phi) is 4.30. The normalized spacial score (nSPS) is 14.1. The Morgan fingerprint density at radius 2 is 1.85 bits per heavy atom. The van der Waals surface area contributed by atoms with Crippen LogP contribution in [-0.4, -0.2) is 11.8 Å². The molecule has 0 aliphatic carbocycles. The fourth-order valence-electron chi connectivity index (χ4n) is 2.64. The molecule has 0 saturated heterocycles. The van der Waals surface area contributed by atoms with Crippen molar-refractivity contribution in [2.45, 2.75) is 6.92 Å². The summed E-state index contributed by atoms with van der Waals surface area (Å²) in [4.78, 5) is 24.6. The Labute approximate surface area is 159 Å². The van der Waals surface area contributed by atoms with Gasteiger partial charge in [-0.25, -0.2) is 4.79 Å². The van der Waals surface area contributed by atoms with E-state index in [9.17, 15) is 9.59 Å². The number of ether oxygens (including phenoxy) is 2. The van der Waals surface area contributed by atoms with Crippen LogP contribution in [0.15, 0.2) is 64.8 Å². The minimum atomic E-state index is -0.530. The van der Waals surface area contributed by atoms with Gasteiger partial charge in [0.1, 0.15) is 23.0 Å². The Balaban J connectivity index is 1.54. The molecule has 0 N–H and O–H groups in total. The molecule has 0 bridgehead atoms. The van der Waals surface area contributed by atoms with E-state index in [1.165, 1.54) is 12.1 Å². The second-order valence-electron chi connectivity index (χ2n) is 5.94. The van der Waals surface area contributed by atoms with Gasteiger partial charge in [0.15, 0.2) is 5.76 Å². The minimum absolute atomic E-state index is 0.153. The summed E-state index contributed by atoms with van der Waals surface area (Å²) in [6.45, 7) is 1.81. The SMILES string of the molecule is Cc1ccc(/C=C2/Oc3cc(OC(=O)c4ccc(Cl)cc4)ccc3C2=O)o1. The molecule has 0 saturated carbocycles. The number of fused-ring (bicyclic) bond motifs is 1. The van der Waals surface area contributed by atoms with Gasteiger partial charge < -0.3 is 13.9 Å². The molecule has 2 heterocycles. The van der Waals surface area contributed by atoms with Gasteiger partial charge in [-0.1, -0.05) is 11.6 Å². The van der Waals surface area contributed by atoms with Gasteiger partial charge in [-0.2, -0.15) is 0 Å². The van der Waals surface area contributed by atoms with Gasteiger partial charge in [-0.3, -0.25) is 4.79 Å². The first-order valence-corrected chi connectivity index (χ1v) is 8.50. The van der Waals surface area contributed by atoms with E-state index in [1.807, 2.05) is 6.92 Å². The summed E-state index contributed by atoms with van der Waals surface area (Å²) in [5.74, 6) is 1.24. The third-order valence-electron chi connectivity index (χ3n) is 3.97. The minimum Gasteiger partial charge on any atom is -0.462 e. The quantitative estimate of drug-likeness (QED) is 0.360. The number of hydrogen-bond acceptors (Lipinski definition) is 5. The Morgan fingerprint density at radius 3 is 2.56 bits per heavy atom. The second-order valence-corrected chi connectivity index (χ2v) is 6.38. The maximum atomic E-state index is 12.4. The number of Topliss-reactive ketones (excluding diaryl/α,β-unsaturated/α-hetero) is 1. The first-order valence-electron chi connectivity index (χ1n) is 8.12. The van der Waals surface area contributed by atoms with Crippen molar-refractivity contribution >= 4 is 29.4 Å². The van der Waals surface area contributed by atoms with Crippen LogP contribution in [-0.2, 0) is 0 Å². The number of furan rings is 1. The third kappa shape index (κ3) is 3.50. The highest BCUT2D eigenvalue weighted by Gasteiger charge is 2.28. The summed E-state index contributed by atoms with van der Waals surface area (Å²) >= 11 is 5.81. The van der Waals surface area contributed by atoms with Crippen molar-refractivity contribution in [2.75, 3.05) is 0 Å². The van der Waals surface area contributed by atoms with E-state index >= 15 is 0 Å². The second kappa shape index (κ2) is 6.78. The molecule has 27 heavy (non-hydrogen) atoms. The number of rotatable bonds is 3. The van der Waals surface area contributed by atoms with Gasteiger partial charge in [0.2, 0.25) is 5.78 Å². The number of ketones is 1. The third-order valence-corrected chi connectivity index (χ3v) is 4.22. The van der Waals surface area contributed by atoms with Crippen LogP contribution in [0, 0.1) is 6.92 Å². The van der Waals surface area contributed by atoms with E-state index in [0.717, 1.165) is 5.76 Å². The Morgan fingerprint density at radius 1 is 1.07 bits per heavy atom. The first-order chi connectivity index (χ1) is 13.0. The molecule has 1 aliphatic heterocycles. The number of halogens is 1. The van der Waals surface area contributed by atoms with Crippen molar-refractivity contribution in [3.05, 3.63) is 88.0 Å². The summed E-state index contributed by atoms with van der Waals surface area (Å²) < 4.78 is 16.4. The molecule has 1 aromatic heterocycles. The van der Waals surface area contributed by atoms with E-state index in [4.69, 9.17) is 25.5 Å². The van der Waals surface area contributed by atoms with E-state index < -0.39 is 5.97 Å². The smallest absolute Gasteiger partial charge is 0.343 e. The molecule has 0 radical (unpaired) electrons. The predicted octanol–water partition coefficient (Wildman–Crippen LogP) is 5.08. The van der Waals surface area contributed by atoms with E-state index in [-0.39, 0.29) is 17.3 Å². The molecule has 2 aromatic carbocycles. The fraction of sp³-hybridized carbons (Fsp3) is 0.0476. The molecule has 4 rings (SSSR count). The van der Waals surface area contributed by atoms with Crippen LogP contribution in [0.2, 0.25) is 5.02 Å². The Bertz CT molecular complexity index is 1080. The Hall–Kier alpha value is -3.31. The highest BCUT2D eigenvalue weighted by molar-refractivity contribution is 6.30. The highest BCUT2D eigenvalue weighted by Crippen LogP contribution is 2.35. The fourth-order valence-corrected chi connectivity index (χ4v) is 2.77. The number of hydrogen-bond donors (Lipinski definition) is 0. The monoisotopic (exact) mass is 380 g/mol. The largest absolute Gasteiger partial charge is 0.462 e. The molecule has 134 valence electrons. The maximum absolute atomic E-state index is 12.4. The standard InChI is InChI=1S/C21H13ClO5/c1-12-2-7-15(25-12)11-19-20(23)17-9-8-16(10-18(17)27-19)26-21(24)13-3-5-14(22)6-4-13/h2-11H,1H3/b19-11+. The number of carbonyl (C=O) groups is 2. The molecule has 0 fully saturated rings. The van der Waals surface area contributed by atoms with Crippen LogP contribution < -0.4 is 9.47 Å². The van der Waals surface area contributed by atoms with Crippen LogP contribution in [0.3, 0.4) is 0 Å². The van der Waals surface area contributed by atoms with Gasteiger partial charge in [0.25, 0.3) is 0 Å². The van der Waals surface area contributed by atoms with E-state index in [1.54, 1.807) is 48.5 Å². The van der Waals surface area contributed by atoms with E-state index in [0.29, 0.717) is 27.7 Å². The van der Waals surface area contributed by atoms with Crippen LogP contribution in [0.25, 0.3) is 6.08 Å². The van der Waals surface area contributed by atoms with Gasteiger partial charge in [-0.05, 0) is 55.5 Å². The summed E-state index contributed by atoms with van der Waals surface area (Å²) in [6, 6.07) is 14.5. The van der Waals surface area contributed by atoms with E-state index in [2.05, 4.69) is 0 Å². The molecule has 6 heteroatoms. The van der Waals surface area contributed by atoms with Gasteiger partial charge in [-0.15, -0.1) is 0 Å². The molecule has 0 amide bonds. The number of carbonyl (C=O) groups excluding carboxylic acids is 2. The summed E-state index contributed by atoms with van der Waals surface area (Å²) in [7, 11) is 0. The molecular formula is C21H13ClO5. The van der Waals surface area contributed by atoms with Crippen LogP contribution in [0.5, 0.6) is 11.5 Å². The molecule has 1 aliphatic rings. The van der Waals surface area contributed by atoms with Gasteiger partial charge in [0, 0.05) is 17.2 Å². The van der Waals surface area contributed by atoms with Crippen LogP contribution in [0.4, 0.5) is 0 Å². The number of benzene rings is 2. The molecule has 0 spiro atoms. The lowest BCUT2D eigenvalue weighted by Gasteiger charge is -2.05. The molecule has 3 aromatic rings. The number of esters is 1. The zero-order valence-corrected chi connectivity index (χ0v) is 14.9. The lowest BCUT2D eigenvalue weighted by molar-refractivity contribution is 0.0734. The molecule has 0 atom stereocenters. The van der Waals surface area contributed by atoms with Gasteiger partial charge >= 0.3 is 5.97 Å². The number of aryl methyl sites for hydroxylation is 1. The molecule has 5 nitrogen and oxygen atoms in total. The number of allylic oxidation sites excluding steroid dienone is 1. The topological polar surface area (TPSA) is 65.7 Å². The summed E-state index contributed by atoms with van der Waals surface area (Å²) in [6.07, 6.45) is 1.54. The summed E-state index contributed by atoms with van der Waals surface area (Å²) in [5, 5.41) is 0.530. The van der Waals surface area contributed by atoms with Crippen molar-refractivity contribution in [2.24, 2.45) is 0 Å². The van der Waals surface area contributed by atoms with Crippen molar-refractivity contribution in [3.63, 3.8) is 0 Å². The first kappa shape index (κ1) is 17.1. The van der Waals surface area contributed by atoms with Crippen LogP contribution in [0.1, 0.15) is 32.2 Å². The molecular weight excluding hydrogens is 368 g/mol. The lowest BCUT2D eigenvalue weighted by Crippen LogP contribution is -2.08. The van der Waals surface area contributed by atoms with Gasteiger partial charge in [0.05, 0.1) is 11.1 Å². The van der Waals surface area contributed by atoms with Crippen molar-refractivity contribution in [3.8, 4) is 11.5 Å². The van der Waals surface area contributed by atoms with Crippen molar-refractivity contribution in [1.29, 1.82) is 0 Å². The zero-order valence-electron chi connectivity index (χ0n) is 14.2. The lowest BCUT2D eigenvalue weighted by atomic mass is 10.1. The highest BCUT2D eigenvalue weighted by atomic mass is 35.5. The maximum Gasteiger partial charge on any atom is 0.343 e. The van der Waals surface area contributed by atoms with Crippen molar-refractivity contribution < 1.29 is 23.5 Å². The predicted molar refractivity (Wildman–Crippen MR) is 99.2 cm³/mol.